The van der Waals surface area contributed by atoms with E-state index >= 15 is 0 Å². The number of carbonyl (C=O) groups is 1. The number of esters is 1. The Balaban J connectivity index is 2.50. The van der Waals surface area contributed by atoms with Crippen LogP contribution in [-0.2, 0) is 31.4 Å². The van der Waals surface area contributed by atoms with Crippen molar-refractivity contribution in [2.75, 3.05) is 0 Å². The summed E-state index contributed by atoms with van der Waals surface area (Å²) in [4.78, 5) is 26.8. The van der Waals surface area contributed by atoms with E-state index in [4.69, 9.17) is 13.9 Å². The zero-order chi connectivity index (χ0) is 28.8. The quantitative estimate of drug-likeness (QED) is 0.355. The van der Waals surface area contributed by atoms with Crippen LogP contribution in [0, 0.1) is 11.3 Å². The van der Waals surface area contributed by atoms with E-state index in [1.807, 2.05) is 33.1 Å². The van der Waals surface area contributed by atoms with Gasteiger partial charge in [-0.1, -0.05) is 41.5 Å². The second-order valence-corrected chi connectivity index (χ2v) is 15.0. The Hall–Kier alpha value is -2.89. The Morgan fingerprint density at radius 3 is 2.29 bits per heavy atom. The fourth-order valence-electron chi connectivity index (χ4n) is 5.18. The van der Waals surface area contributed by atoms with E-state index in [-0.39, 0.29) is 23.0 Å². The topological polar surface area (TPSA) is 90.5 Å². The number of fused-ring (bicyclic) bond motifs is 1. The standard InChI is InChI=1S/C30H41N2O5Si/c1-18(33)36-26-25(20-14-19(15-31)12-13-23(20)37-30(26,8)9)32-16-22(28(2,3)4)24(29(5,6)7)21(27(32)34)17-35-38(10)11/h12-14,16,25-26H,17H2,1-11H3/t25-,26+/m0/s1. The van der Waals surface area contributed by atoms with Crippen LogP contribution in [0.5, 0.6) is 5.75 Å². The Morgan fingerprint density at radius 1 is 1.16 bits per heavy atom. The molecule has 0 N–H and O–H groups in total. The molecule has 0 saturated heterocycles. The largest absolute Gasteiger partial charge is 0.484 e. The van der Waals surface area contributed by atoms with Gasteiger partial charge in [0.05, 0.1) is 18.2 Å². The average molecular weight is 538 g/mol. The lowest BCUT2D eigenvalue weighted by atomic mass is 9.74. The number of rotatable bonds is 5. The lowest BCUT2D eigenvalue weighted by Crippen LogP contribution is -2.54. The molecule has 1 aromatic heterocycles. The van der Waals surface area contributed by atoms with Crippen molar-refractivity contribution >= 4 is 15.0 Å². The molecule has 0 saturated carbocycles. The summed E-state index contributed by atoms with van der Waals surface area (Å²) >= 11 is 0. The van der Waals surface area contributed by atoms with Gasteiger partial charge < -0.3 is 18.5 Å². The fourth-order valence-corrected chi connectivity index (χ4v) is 5.61. The maximum atomic E-state index is 14.5. The summed E-state index contributed by atoms with van der Waals surface area (Å²) < 4.78 is 20.0. The van der Waals surface area contributed by atoms with Crippen LogP contribution in [0.1, 0.15) is 96.2 Å². The number of aromatic nitrogens is 1. The molecule has 0 bridgehead atoms. The molecule has 2 atom stereocenters. The molecular formula is C30H41N2O5Si. The molecule has 0 amide bonds. The number of benzene rings is 1. The molecule has 0 aliphatic carbocycles. The minimum Gasteiger partial charge on any atom is -0.484 e. The molecule has 1 aliphatic heterocycles. The predicted molar refractivity (Wildman–Crippen MR) is 150 cm³/mol. The monoisotopic (exact) mass is 537 g/mol. The predicted octanol–water partition coefficient (Wildman–Crippen LogP) is 5.77. The van der Waals surface area contributed by atoms with Crippen LogP contribution in [0.3, 0.4) is 0 Å². The molecule has 0 spiro atoms. The highest BCUT2D eigenvalue weighted by molar-refractivity contribution is 6.48. The van der Waals surface area contributed by atoms with E-state index in [0.29, 0.717) is 22.4 Å². The van der Waals surface area contributed by atoms with Crippen LogP contribution in [0.25, 0.3) is 0 Å². The highest BCUT2D eigenvalue weighted by atomic mass is 28.3. The summed E-state index contributed by atoms with van der Waals surface area (Å²) in [6.07, 6.45) is 1.10. The summed E-state index contributed by atoms with van der Waals surface area (Å²) in [6, 6.07) is 6.64. The van der Waals surface area contributed by atoms with Gasteiger partial charge in [0.2, 0.25) is 9.04 Å². The molecule has 2 aromatic rings. The van der Waals surface area contributed by atoms with Crippen molar-refractivity contribution in [3.8, 4) is 11.8 Å². The molecule has 1 radical (unpaired) electrons. The first-order valence-electron chi connectivity index (χ1n) is 13.0. The number of ether oxygens (including phenoxy) is 2. The SMILES string of the molecule is CC(=O)O[C@@H]1[C@@H](n2cc(C(C)(C)C)c(C(C)(C)C)c(CO[Si](C)C)c2=O)c2cc(C#N)ccc2OC1(C)C. The number of nitrogens with zero attached hydrogens (tertiary/aromatic N) is 2. The molecule has 1 aliphatic rings. The normalized spacial score (nSPS) is 18.9. The average Bonchev–Trinajstić information content (AvgIpc) is 2.76. The third-order valence-electron chi connectivity index (χ3n) is 6.79. The molecule has 2 heterocycles. The molecule has 0 fully saturated rings. The second kappa shape index (κ2) is 10.3. The Morgan fingerprint density at radius 2 is 1.79 bits per heavy atom. The molecule has 38 heavy (non-hydrogen) atoms. The van der Waals surface area contributed by atoms with Gasteiger partial charge in [-0.2, -0.15) is 5.26 Å². The lowest BCUT2D eigenvalue weighted by molar-refractivity contribution is -0.163. The zero-order valence-electron chi connectivity index (χ0n) is 24.6. The molecule has 7 nitrogen and oxygen atoms in total. The minimum absolute atomic E-state index is 0.195. The zero-order valence-corrected chi connectivity index (χ0v) is 25.6. The van der Waals surface area contributed by atoms with Gasteiger partial charge in [0.1, 0.15) is 17.4 Å². The first-order chi connectivity index (χ1) is 17.4. The van der Waals surface area contributed by atoms with Gasteiger partial charge in [0, 0.05) is 24.2 Å². The summed E-state index contributed by atoms with van der Waals surface area (Å²) in [5.41, 5.74) is 1.92. The summed E-state index contributed by atoms with van der Waals surface area (Å²) in [6.45, 7) is 22.1. The van der Waals surface area contributed by atoms with E-state index in [1.54, 1.807) is 22.8 Å². The third-order valence-corrected chi connectivity index (χ3v) is 7.51. The van der Waals surface area contributed by atoms with Gasteiger partial charge in [0.15, 0.2) is 6.10 Å². The van der Waals surface area contributed by atoms with Crippen LogP contribution >= 0.6 is 0 Å². The first kappa shape index (κ1) is 29.7. The number of pyridine rings is 1. The van der Waals surface area contributed by atoms with Crippen molar-refractivity contribution < 1.29 is 18.7 Å². The van der Waals surface area contributed by atoms with Gasteiger partial charge in [0.25, 0.3) is 5.56 Å². The smallest absolute Gasteiger partial charge is 0.303 e. The van der Waals surface area contributed by atoms with Crippen molar-refractivity contribution in [1.29, 1.82) is 5.26 Å². The van der Waals surface area contributed by atoms with E-state index < -0.39 is 32.8 Å². The molecule has 1 aromatic carbocycles. The van der Waals surface area contributed by atoms with Crippen LogP contribution in [0.2, 0.25) is 13.1 Å². The van der Waals surface area contributed by atoms with Gasteiger partial charge >= 0.3 is 5.97 Å². The van der Waals surface area contributed by atoms with Crippen molar-refractivity contribution in [3.63, 3.8) is 0 Å². The highest BCUT2D eigenvalue weighted by Crippen LogP contribution is 2.45. The molecule has 3 rings (SSSR count). The Kier molecular flexibility index (Phi) is 8.08. The van der Waals surface area contributed by atoms with E-state index in [1.165, 1.54) is 6.92 Å². The first-order valence-corrected chi connectivity index (χ1v) is 15.4. The summed E-state index contributed by atoms with van der Waals surface area (Å²) in [5, 5.41) is 9.65. The highest BCUT2D eigenvalue weighted by Gasteiger charge is 2.48. The van der Waals surface area contributed by atoms with E-state index in [0.717, 1.165) is 11.1 Å². The number of hydrogen-bond donors (Lipinski definition) is 0. The van der Waals surface area contributed by atoms with Crippen LogP contribution < -0.4 is 10.3 Å². The van der Waals surface area contributed by atoms with Crippen molar-refractivity contribution in [2.45, 2.75) is 111 Å². The molecule has 205 valence electrons. The van der Waals surface area contributed by atoms with Gasteiger partial charge in [-0.3, -0.25) is 9.59 Å². The van der Waals surface area contributed by atoms with E-state index in [9.17, 15) is 14.9 Å². The number of carbonyl (C=O) groups excluding carboxylic acids is 1. The van der Waals surface area contributed by atoms with Crippen LogP contribution in [0.15, 0.2) is 29.2 Å². The Labute approximate surface area is 228 Å². The number of hydrogen-bond acceptors (Lipinski definition) is 6. The van der Waals surface area contributed by atoms with Crippen molar-refractivity contribution in [1.82, 2.24) is 4.57 Å². The van der Waals surface area contributed by atoms with Crippen LogP contribution in [0.4, 0.5) is 0 Å². The van der Waals surface area contributed by atoms with Crippen molar-refractivity contribution in [2.24, 2.45) is 0 Å². The maximum Gasteiger partial charge on any atom is 0.303 e. The third kappa shape index (κ3) is 5.89. The summed E-state index contributed by atoms with van der Waals surface area (Å²) in [7, 11) is -1.07. The van der Waals surface area contributed by atoms with E-state index in [2.05, 4.69) is 47.6 Å². The van der Waals surface area contributed by atoms with Crippen LogP contribution in [-0.4, -0.2) is 31.3 Å². The van der Waals surface area contributed by atoms with Gasteiger partial charge in [-0.15, -0.1) is 0 Å². The van der Waals surface area contributed by atoms with Gasteiger partial charge in [-0.05, 0) is 67.1 Å². The molecule has 0 unspecified atom stereocenters. The summed E-state index contributed by atoms with van der Waals surface area (Å²) in [5.74, 6) is 0.0802. The number of nitriles is 1. The Bertz CT molecular complexity index is 1320. The minimum atomic E-state index is -1.07. The van der Waals surface area contributed by atoms with Crippen molar-refractivity contribution in [3.05, 3.63) is 62.6 Å². The molecular weight excluding hydrogens is 496 g/mol. The molecule has 8 heteroatoms. The maximum absolute atomic E-state index is 14.5. The second-order valence-electron chi connectivity index (χ2n) is 12.9. The lowest BCUT2D eigenvalue weighted by Gasteiger charge is -2.45. The fraction of sp³-hybridized carbons (Fsp3) is 0.567. The van der Waals surface area contributed by atoms with Gasteiger partial charge in [-0.25, -0.2) is 0 Å².